The van der Waals surface area contributed by atoms with Gasteiger partial charge >= 0.3 is 12.1 Å². The number of allylic oxidation sites excluding steroid dienone is 2. The van der Waals surface area contributed by atoms with E-state index in [2.05, 4.69) is 29.7 Å². The second-order valence-corrected chi connectivity index (χ2v) is 9.68. The van der Waals surface area contributed by atoms with Gasteiger partial charge in [0.05, 0.1) is 6.54 Å². The third kappa shape index (κ3) is 21.6. The van der Waals surface area contributed by atoms with Crippen LogP contribution in [0.25, 0.3) is 0 Å². The van der Waals surface area contributed by atoms with Gasteiger partial charge in [0.1, 0.15) is 11.6 Å². The molecular formula is C26H48N2O5. The Morgan fingerprint density at radius 2 is 1.36 bits per heavy atom. The van der Waals surface area contributed by atoms with Gasteiger partial charge in [-0.25, -0.2) is 9.59 Å². The molecule has 192 valence electrons. The first-order valence-corrected chi connectivity index (χ1v) is 12.8. The molecule has 0 radical (unpaired) electrons. The molecule has 3 N–H and O–H groups in total. The molecule has 1 atom stereocenters. The van der Waals surface area contributed by atoms with E-state index in [1.54, 1.807) is 20.8 Å². The van der Waals surface area contributed by atoms with E-state index in [0.717, 1.165) is 38.5 Å². The number of carboxylic acids is 1. The third-order valence-electron chi connectivity index (χ3n) is 5.15. The van der Waals surface area contributed by atoms with E-state index in [4.69, 9.17) is 4.74 Å². The number of rotatable bonds is 19. The van der Waals surface area contributed by atoms with Crippen molar-refractivity contribution in [2.75, 3.05) is 6.54 Å². The highest BCUT2D eigenvalue weighted by Crippen LogP contribution is 2.10. The van der Waals surface area contributed by atoms with Crippen molar-refractivity contribution in [3.8, 4) is 0 Å². The Morgan fingerprint density at radius 3 is 1.88 bits per heavy atom. The molecule has 0 heterocycles. The maximum atomic E-state index is 12.0. The molecule has 33 heavy (non-hydrogen) atoms. The number of unbranched alkanes of at least 4 members (excludes halogenated alkanes) is 11. The smallest absolute Gasteiger partial charge is 0.407 e. The molecule has 2 amide bonds. The number of carbonyl (C=O) groups excluding carboxylic acids is 2. The first kappa shape index (κ1) is 30.9. The van der Waals surface area contributed by atoms with E-state index < -0.39 is 23.7 Å². The summed E-state index contributed by atoms with van der Waals surface area (Å²) in [6.45, 7) is 7.18. The number of aliphatic carboxylic acids is 1. The van der Waals surface area contributed by atoms with Crippen LogP contribution in [-0.4, -0.2) is 41.3 Å². The number of alkyl carbamates (subject to hydrolysis) is 1. The van der Waals surface area contributed by atoms with Crippen molar-refractivity contribution < 1.29 is 24.2 Å². The summed E-state index contributed by atoms with van der Waals surface area (Å²) >= 11 is 0. The Morgan fingerprint density at radius 1 is 0.848 bits per heavy atom. The molecule has 0 unspecified atom stereocenters. The molecule has 0 spiro atoms. The van der Waals surface area contributed by atoms with E-state index >= 15 is 0 Å². The lowest BCUT2D eigenvalue weighted by molar-refractivity contribution is -0.141. The zero-order valence-corrected chi connectivity index (χ0v) is 21.4. The topological polar surface area (TPSA) is 105 Å². The fraction of sp³-hybridized carbons (Fsp3) is 0.808. The fourth-order valence-electron chi connectivity index (χ4n) is 3.32. The van der Waals surface area contributed by atoms with Crippen LogP contribution >= 0.6 is 0 Å². The lowest BCUT2D eigenvalue weighted by Crippen LogP contribution is -2.49. The molecule has 0 aliphatic heterocycles. The summed E-state index contributed by atoms with van der Waals surface area (Å²) < 4.78 is 5.07. The fourth-order valence-corrected chi connectivity index (χ4v) is 3.32. The Kier molecular flexibility index (Phi) is 18.2. The minimum absolute atomic E-state index is 0.220. The summed E-state index contributed by atoms with van der Waals surface area (Å²) in [7, 11) is 0. The molecule has 0 saturated heterocycles. The molecule has 0 aromatic rings. The minimum Gasteiger partial charge on any atom is -0.480 e. The Bertz CT molecular complexity index is 570. The number of hydrogen-bond donors (Lipinski definition) is 3. The maximum Gasteiger partial charge on any atom is 0.407 e. The summed E-state index contributed by atoms with van der Waals surface area (Å²) in [5.74, 6) is -1.50. The van der Waals surface area contributed by atoms with Gasteiger partial charge in [0.2, 0.25) is 5.91 Å². The summed E-state index contributed by atoms with van der Waals surface area (Å²) in [4.78, 5) is 35.0. The van der Waals surface area contributed by atoms with Gasteiger partial charge in [-0.3, -0.25) is 4.79 Å². The molecule has 0 aromatic heterocycles. The predicted octanol–water partition coefficient (Wildman–Crippen LogP) is 6.12. The van der Waals surface area contributed by atoms with Crippen molar-refractivity contribution >= 4 is 18.0 Å². The summed E-state index contributed by atoms with van der Waals surface area (Å²) in [6, 6.07) is -1.17. The Hall–Kier alpha value is -2.05. The quantitative estimate of drug-likeness (QED) is 0.156. The molecule has 7 heteroatoms. The van der Waals surface area contributed by atoms with Crippen molar-refractivity contribution in [3.63, 3.8) is 0 Å². The summed E-state index contributed by atoms with van der Waals surface area (Å²) in [5.41, 5.74) is -0.671. The largest absolute Gasteiger partial charge is 0.480 e. The van der Waals surface area contributed by atoms with Crippen LogP contribution in [-0.2, 0) is 14.3 Å². The molecule has 7 nitrogen and oxygen atoms in total. The van der Waals surface area contributed by atoms with Crippen molar-refractivity contribution in [2.45, 2.75) is 129 Å². The number of ether oxygens (including phenoxy) is 1. The highest BCUT2D eigenvalue weighted by molar-refractivity contribution is 5.84. The van der Waals surface area contributed by atoms with Crippen LogP contribution in [0.3, 0.4) is 0 Å². The van der Waals surface area contributed by atoms with Crippen LogP contribution in [0.4, 0.5) is 4.79 Å². The molecule has 0 saturated carbocycles. The Balaban J connectivity index is 3.75. The lowest BCUT2D eigenvalue weighted by atomic mass is 10.1. The maximum absolute atomic E-state index is 12.0. The van der Waals surface area contributed by atoms with Crippen LogP contribution in [0.2, 0.25) is 0 Å². The SMILES string of the molecule is CCCCCCCCC=CCCCCCCCC(=O)N[C@@H](CNC(=O)OC(C)(C)C)C(=O)O. The molecular weight excluding hydrogens is 420 g/mol. The highest BCUT2D eigenvalue weighted by atomic mass is 16.6. The number of nitrogens with one attached hydrogen (secondary N) is 2. The predicted molar refractivity (Wildman–Crippen MR) is 133 cm³/mol. The van der Waals surface area contributed by atoms with Gasteiger partial charge in [-0.1, -0.05) is 70.4 Å². The van der Waals surface area contributed by atoms with E-state index in [1.165, 1.54) is 44.9 Å². The number of hydrogen-bond acceptors (Lipinski definition) is 4. The van der Waals surface area contributed by atoms with Crippen LogP contribution in [0.15, 0.2) is 12.2 Å². The molecule has 0 bridgehead atoms. The molecule has 0 fully saturated rings. The van der Waals surface area contributed by atoms with Crippen LogP contribution in [0.5, 0.6) is 0 Å². The minimum atomic E-state index is -1.19. The molecule has 0 rings (SSSR count). The van der Waals surface area contributed by atoms with Crippen LogP contribution < -0.4 is 10.6 Å². The van der Waals surface area contributed by atoms with Gasteiger partial charge < -0.3 is 20.5 Å². The van der Waals surface area contributed by atoms with Crippen molar-refractivity contribution in [2.24, 2.45) is 0 Å². The first-order chi connectivity index (χ1) is 15.7. The van der Waals surface area contributed by atoms with E-state index in [0.29, 0.717) is 0 Å². The Labute approximate surface area is 201 Å². The molecule has 0 aromatic carbocycles. The lowest BCUT2D eigenvalue weighted by Gasteiger charge is -2.21. The van der Waals surface area contributed by atoms with Gasteiger partial charge in [-0.05, 0) is 52.9 Å². The number of amides is 2. The average molecular weight is 469 g/mol. The highest BCUT2D eigenvalue weighted by Gasteiger charge is 2.22. The van der Waals surface area contributed by atoms with E-state index in [9.17, 15) is 19.5 Å². The monoisotopic (exact) mass is 468 g/mol. The number of carbonyl (C=O) groups is 3. The van der Waals surface area contributed by atoms with Crippen molar-refractivity contribution in [1.82, 2.24) is 10.6 Å². The summed E-state index contributed by atoms with van der Waals surface area (Å²) in [6.07, 6.45) is 19.5. The molecule has 0 aliphatic rings. The first-order valence-electron chi connectivity index (χ1n) is 12.8. The van der Waals surface area contributed by atoms with Crippen LogP contribution in [0.1, 0.15) is 118 Å². The second-order valence-electron chi connectivity index (χ2n) is 9.68. The van der Waals surface area contributed by atoms with E-state index in [1.807, 2.05) is 0 Å². The van der Waals surface area contributed by atoms with Crippen LogP contribution in [0, 0.1) is 0 Å². The zero-order chi connectivity index (χ0) is 25.0. The average Bonchev–Trinajstić information content (AvgIpc) is 2.72. The zero-order valence-electron chi connectivity index (χ0n) is 21.4. The third-order valence-corrected chi connectivity index (χ3v) is 5.15. The van der Waals surface area contributed by atoms with Gasteiger partial charge in [0.25, 0.3) is 0 Å². The normalized spacial score (nSPS) is 12.5. The molecule has 0 aliphatic carbocycles. The van der Waals surface area contributed by atoms with Gasteiger partial charge in [0, 0.05) is 6.42 Å². The van der Waals surface area contributed by atoms with Gasteiger partial charge in [-0.2, -0.15) is 0 Å². The summed E-state index contributed by atoms with van der Waals surface area (Å²) in [5, 5.41) is 14.1. The van der Waals surface area contributed by atoms with Crippen molar-refractivity contribution in [3.05, 3.63) is 12.2 Å². The number of carboxylic acid groups (broad SMARTS) is 1. The van der Waals surface area contributed by atoms with Gasteiger partial charge in [0.15, 0.2) is 0 Å². The second kappa shape index (κ2) is 19.4. The van der Waals surface area contributed by atoms with E-state index in [-0.39, 0.29) is 18.9 Å². The standard InChI is InChI=1S/C26H48N2O5/c1-5-6-7-8-9-10-11-12-13-14-15-16-17-18-19-20-23(29)28-22(24(30)31)21-27-25(32)33-26(2,3)4/h12-13,22H,5-11,14-21H2,1-4H3,(H,27,32)(H,28,29)(H,30,31)/t22-/m0/s1. The van der Waals surface area contributed by atoms with Gasteiger partial charge in [-0.15, -0.1) is 0 Å². The van der Waals surface area contributed by atoms with Crippen molar-refractivity contribution in [1.29, 1.82) is 0 Å².